The molecular formula is C34H37N3O4S. The number of nitrogens with one attached hydrogen (secondary N) is 1. The first kappa shape index (κ1) is 30.5. The van der Waals surface area contributed by atoms with Gasteiger partial charge in [-0.15, -0.1) is 0 Å². The number of carbonyl (C=O) groups is 2. The lowest BCUT2D eigenvalue weighted by Crippen LogP contribution is -2.53. The molecular weight excluding hydrogens is 546 g/mol. The van der Waals surface area contributed by atoms with E-state index in [1.807, 2.05) is 75.4 Å². The molecule has 0 aliphatic heterocycles. The fraction of sp³-hybridized carbons (Fsp3) is 0.235. The molecule has 2 amide bonds. The van der Waals surface area contributed by atoms with E-state index in [1.54, 1.807) is 54.6 Å². The van der Waals surface area contributed by atoms with Crippen LogP contribution in [-0.4, -0.2) is 44.3 Å². The molecule has 0 radical (unpaired) electrons. The molecule has 1 atom stereocenters. The Morgan fingerprint density at radius 1 is 0.762 bits per heavy atom. The van der Waals surface area contributed by atoms with Crippen LogP contribution in [0.4, 0.5) is 5.69 Å². The number of para-hydroxylation sites is 1. The highest BCUT2D eigenvalue weighted by atomic mass is 32.2. The molecule has 7 nitrogen and oxygen atoms in total. The number of rotatable bonds is 12. The van der Waals surface area contributed by atoms with E-state index in [0.717, 1.165) is 26.6 Å². The number of hydrogen-bond acceptors (Lipinski definition) is 4. The first-order valence-corrected chi connectivity index (χ1v) is 15.4. The number of anilines is 1. The standard InChI is InChI=1S/C34H37N3O4S/c1-4-35-34(39)32(23-28-13-7-5-8-14-28)36(24-29-15-11-12-27(3)22-29)33(38)25-37(30-16-9-6-10-17-30)42(40,41)31-20-18-26(2)19-21-31/h5-22,32H,4,23-25H2,1-3H3,(H,35,39)/t32-/m1/s1. The van der Waals surface area contributed by atoms with Gasteiger partial charge in [-0.2, -0.15) is 0 Å². The van der Waals surface area contributed by atoms with E-state index in [1.165, 1.54) is 4.90 Å². The number of hydrogen-bond donors (Lipinski definition) is 1. The second-order valence-electron chi connectivity index (χ2n) is 10.3. The Labute approximate surface area is 248 Å². The van der Waals surface area contributed by atoms with Crippen molar-refractivity contribution in [3.8, 4) is 0 Å². The lowest BCUT2D eigenvalue weighted by Gasteiger charge is -2.34. The van der Waals surface area contributed by atoms with Gasteiger partial charge in [-0.3, -0.25) is 13.9 Å². The Bertz CT molecular complexity index is 1590. The van der Waals surface area contributed by atoms with Gasteiger partial charge in [-0.25, -0.2) is 8.42 Å². The topological polar surface area (TPSA) is 86.8 Å². The molecule has 0 bridgehead atoms. The highest BCUT2D eigenvalue weighted by molar-refractivity contribution is 7.92. The van der Waals surface area contributed by atoms with Crippen LogP contribution in [0, 0.1) is 13.8 Å². The predicted molar refractivity (Wildman–Crippen MR) is 166 cm³/mol. The molecule has 0 saturated heterocycles. The summed E-state index contributed by atoms with van der Waals surface area (Å²) >= 11 is 0. The van der Waals surface area contributed by atoms with E-state index in [0.29, 0.717) is 12.2 Å². The summed E-state index contributed by atoms with van der Waals surface area (Å²) in [4.78, 5) is 29.4. The van der Waals surface area contributed by atoms with Crippen LogP contribution in [0.25, 0.3) is 0 Å². The van der Waals surface area contributed by atoms with E-state index in [2.05, 4.69) is 5.32 Å². The number of benzene rings is 4. The van der Waals surface area contributed by atoms with Gasteiger partial charge >= 0.3 is 0 Å². The van der Waals surface area contributed by atoms with Gasteiger partial charge in [0.15, 0.2) is 0 Å². The van der Waals surface area contributed by atoms with Crippen LogP contribution in [0.3, 0.4) is 0 Å². The molecule has 0 heterocycles. The minimum Gasteiger partial charge on any atom is -0.355 e. The second-order valence-corrected chi connectivity index (χ2v) is 12.1. The Hall–Kier alpha value is -4.43. The molecule has 0 saturated carbocycles. The fourth-order valence-electron chi connectivity index (χ4n) is 4.81. The molecule has 8 heteroatoms. The van der Waals surface area contributed by atoms with Crippen molar-refractivity contribution in [3.63, 3.8) is 0 Å². The molecule has 42 heavy (non-hydrogen) atoms. The molecule has 0 spiro atoms. The highest BCUT2D eigenvalue weighted by Crippen LogP contribution is 2.25. The molecule has 0 aliphatic rings. The fourth-order valence-corrected chi connectivity index (χ4v) is 6.23. The summed E-state index contributed by atoms with van der Waals surface area (Å²) in [5.41, 5.74) is 4.04. The van der Waals surface area contributed by atoms with Crippen molar-refractivity contribution in [1.82, 2.24) is 10.2 Å². The zero-order valence-corrected chi connectivity index (χ0v) is 25.1. The number of amides is 2. The van der Waals surface area contributed by atoms with Crippen molar-refractivity contribution in [2.45, 2.75) is 44.7 Å². The van der Waals surface area contributed by atoms with Gasteiger partial charge in [0.2, 0.25) is 11.8 Å². The largest absolute Gasteiger partial charge is 0.355 e. The molecule has 4 aromatic carbocycles. The Morgan fingerprint density at radius 2 is 1.38 bits per heavy atom. The lowest BCUT2D eigenvalue weighted by molar-refractivity contribution is -0.140. The van der Waals surface area contributed by atoms with Crippen LogP contribution in [-0.2, 0) is 32.6 Å². The minimum absolute atomic E-state index is 0.0829. The zero-order valence-electron chi connectivity index (χ0n) is 24.2. The van der Waals surface area contributed by atoms with Crippen molar-refractivity contribution in [2.24, 2.45) is 0 Å². The van der Waals surface area contributed by atoms with E-state index in [4.69, 9.17) is 0 Å². The second kappa shape index (κ2) is 14.0. The van der Waals surface area contributed by atoms with Gasteiger partial charge in [0.1, 0.15) is 12.6 Å². The van der Waals surface area contributed by atoms with Crippen LogP contribution in [0.1, 0.15) is 29.2 Å². The number of aryl methyl sites for hydroxylation is 2. The maximum Gasteiger partial charge on any atom is 0.264 e. The Kier molecular flexibility index (Phi) is 10.1. The average Bonchev–Trinajstić information content (AvgIpc) is 2.99. The van der Waals surface area contributed by atoms with Crippen LogP contribution < -0.4 is 9.62 Å². The van der Waals surface area contributed by atoms with E-state index >= 15 is 0 Å². The predicted octanol–water partition coefficient (Wildman–Crippen LogP) is 5.27. The van der Waals surface area contributed by atoms with Crippen LogP contribution in [0.2, 0.25) is 0 Å². The van der Waals surface area contributed by atoms with E-state index in [9.17, 15) is 18.0 Å². The molecule has 0 fully saturated rings. The highest BCUT2D eigenvalue weighted by Gasteiger charge is 2.34. The van der Waals surface area contributed by atoms with Gasteiger partial charge in [0.25, 0.3) is 10.0 Å². The monoisotopic (exact) mass is 583 g/mol. The molecule has 218 valence electrons. The van der Waals surface area contributed by atoms with Gasteiger partial charge in [0.05, 0.1) is 10.6 Å². The van der Waals surface area contributed by atoms with Crippen LogP contribution in [0.5, 0.6) is 0 Å². The van der Waals surface area contributed by atoms with Crippen LogP contribution in [0.15, 0.2) is 114 Å². The van der Waals surface area contributed by atoms with Crippen molar-refractivity contribution in [2.75, 3.05) is 17.4 Å². The van der Waals surface area contributed by atoms with Crippen molar-refractivity contribution in [3.05, 3.63) is 131 Å². The average molecular weight is 584 g/mol. The summed E-state index contributed by atoms with van der Waals surface area (Å²) in [6.45, 7) is 5.74. The SMILES string of the molecule is CCNC(=O)[C@@H](Cc1ccccc1)N(Cc1cccc(C)c1)C(=O)CN(c1ccccc1)S(=O)(=O)c1ccc(C)cc1. The molecule has 4 rings (SSSR count). The molecule has 4 aromatic rings. The quantitative estimate of drug-likeness (QED) is 0.246. The first-order chi connectivity index (χ1) is 20.2. The van der Waals surface area contributed by atoms with Crippen molar-refractivity contribution < 1.29 is 18.0 Å². The van der Waals surface area contributed by atoms with Gasteiger partial charge in [-0.05, 0) is 56.2 Å². The maximum atomic E-state index is 14.3. The molecule has 0 aromatic heterocycles. The summed E-state index contributed by atoms with van der Waals surface area (Å²) in [5.74, 6) is -0.779. The van der Waals surface area contributed by atoms with Gasteiger partial charge < -0.3 is 10.2 Å². The Morgan fingerprint density at radius 3 is 2.00 bits per heavy atom. The molecule has 0 unspecified atom stereocenters. The maximum absolute atomic E-state index is 14.3. The number of likely N-dealkylation sites (N-methyl/N-ethyl adjacent to an activating group) is 1. The van der Waals surface area contributed by atoms with Crippen LogP contribution >= 0.6 is 0 Å². The lowest BCUT2D eigenvalue weighted by atomic mass is 10.0. The Balaban J connectivity index is 1.78. The van der Waals surface area contributed by atoms with Crippen molar-refractivity contribution in [1.29, 1.82) is 0 Å². The summed E-state index contributed by atoms with van der Waals surface area (Å²) in [6, 6.07) is 31.5. The molecule has 0 aliphatic carbocycles. The van der Waals surface area contributed by atoms with E-state index in [-0.39, 0.29) is 23.8 Å². The third-order valence-corrected chi connectivity index (χ3v) is 8.78. The summed E-state index contributed by atoms with van der Waals surface area (Å²) in [5, 5.41) is 2.88. The third kappa shape index (κ3) is 7.64. The summed E-state index contributed by atoms with van der Waals surface area (Å²) < 4.78 is 29.1. The third-order valence-electron chi connectivity index (χ3n) is 6.99. The molecule has 1 N–H and O–H groups in total. The normalized spacial score (nSPS) is 11.9. The van der Waals surface area contributed by atoms with E-state index < -0.39 is 28.5 Å². The smallest absolute Gasteiger partial charge is 0.264 e. The number of nitrogens with zero attached hydrogens (tertiary/aromatic N) is 2. The number of sulfonamides is 1. The zero-order chi connectivity index (χ0) is 30.1. The van der Waals surface area contributed by atoms with Gasteiger partial charge in [-0.1, -0.05) is 96.1 Å². The summed E-state index contributed by atoms with van der Waals surface area (Å²) in [6.07, 6.45) is 0.278. The van der Waals surface area contributed by atoms with Crippen molar-refractivity contribution >= 4 is 27.5 Å². The first-order valence-electron chi connectivity index (χ1n) is 14.0. The van der Waals surface area contributed by atoms with Gasteiger partial charge in [0, 0.05) is 19.5 Å². The minimum atomic E-state index is -4.11. The number of carbonyl (C=O) groups excluding carboxylic acids is 2. The summed E-state index contributed by atoms with van der Waals surface area (Å²) in [7, 11) is -4.11.